The highest BCUT2D eigenvalue weighted by atomic mass is 16.6. The average Bonchev–Trinajstić information content (AvgIpc) is 3.40. The molecule has 0 N–H and O–H groups in total. The number of esters is 3. The largest absolute Gasteiger partial charge is 0.462 e. The average molecular weight is 1040 g/mol. The first-order valence-corrected chi connectivity index (χ1v) is 32.3. The monoisotopic (exact) mass is 1030 g/mol. The lowest BCUT2D eigenvalue weighted by Gasteiger charge is -2.18. The van der Waals surface area contributed by atoms with Gasteiger partial charge in [-0.15, -0.1) is 0 Å². The van der Waals surface area contributed by atoms with Crippen molar-refractivity contribution in [3.8, 4) is 0 Å². The maximum absolute atomic E-state index is 12.9. The summed E-state index contributed by atoms with van der Waals surface area (Å²) < 4.78 is 16.9. The molecule has 0 fully saturated rings. The Morgan fingerprint density at radius 3 is 0.865 bits per heavy atom. The molecule has 1 atom stereocenters. The Kier molecular flexibility index (Phi) is 60.2. The van der Waals surface area contributed by atoms with E-state index in [1.165, 1.54) is 193 Å². The van der Waals surface area contributed by atoms with Crippen molar-refractivity contribution in [2.75, 3.05) is 13.2 Å². The molecular weight excluding hydrogens is 913 g/mol. The van der Waals surface area contributed by atoms with Crippen molar-refractivity contribution in [2.24, 2.45) is 0 Å². The molecular formula is C68H122O6. The Morgan fingerprint density at radius 2 is 0.527 bits per heavy atom. The Bertz CT molecular complexity index is 1330. The molecule has 0 saturated heterocycles. The van der Waals surface area contributed by atoms with E-state index in [2.05, 4.69) is 81.5 Å². The second-order valence-corrected chi connectivity index (χ2v) is 21.6. The van der Waals surface area contributed by atoms with Crippen LogP contribution in [0.4, 0.5) is 0 Å². The molecule has 1 unspecified atom stereocenters. The van der Waals surface area contributed by atoms with Crippen molar-refractivity contribution in [2.45, 2.75) is 341 Å². The zero-order valence-electron chi connectivity index (χ0n) is 49.4. The van der Waals surface area contributed by atoms with Crippen LogP contribution in [0.15, 0.2) is 60.8 Å². The standard InChI is InChI=1S/C68H122O6/c1-4-7-10-13-16-19-22-25-27-29-31-32-33-34-35-36-38-39-41-43-46-49-52-55-58-61-67(70)73-64-65(63-72-66(69)60-57-54-51-48-45-24-21-18-15-12-9-6-3)74-68(71)62-59-56-53-50-47-44-42-40-37-30-28-26-23-20-17-14-11-8-5-2/h8,11,17-18,20-21,26,28,37,40,65H,4-7,9-10,12-16,19,22-25,27,29-36,38-39,41-64H2,1-3H3/b11-8-,20-17-,21-18-,28-26-,40-37-. The third-order valence-electron chi connectivity index (χ3n) is 14.3. The quantitative estimate of drug-likeness (QED) is 0.0261. The fraction of sp³-hybridized carbons (Fsp3) is 0.809. The van der Waals surface area contributed by atoms with Gasteiger partial charge in [-0.2, -0.15) is 0 Å². The van der Waals surface area contributed by atoms with Crippen LogP contribution in [0.3, 0.4) is 0 Å². The summed E-state index contributed by atoms with van der Waals surface area (Å²) in [6.45, 7) is 6.53. The summed E-state index contributed by atoms with van der Waals surface area (Å²) in [5.74, 6) is -0.886. The van der Waals surface area contributed by atoms with Crippen LogP contribution >= 0.6 is 0 Å². The van der Waals surface area contributed by atoms with E-state index in [4.69, 9.17) is 14.2 Å². The molecule has 74 heavy (non-hydrogen) atoms. The molecule has 0 rings (SSSR count). The molecule has 0 aromatic rings. The first kappa shape index (κ1) is 71.1. The van der Waals surface area contributed by atoms with Gasteiger partial charge in [-0.05, 0) is 83.5 Å². The maximum Gasteiger partial charge on any atom is 0.306 e. The van der Waals surface area contributed by atoms with Crippen molar-refractivity contribution in [3.05, 3.63) is 60.8 Å². The van der Waals surface area contributed by atoms with E-state index >= 15 is 0 Å². The van der Waals surface area contributed by atoms with E-state index in [0.29, 0.717) is 19.3 Å². The van der Waals surface area contributed by atoms with Crippen LogP contribution in [0.1, 0.15) is 335 Å². The van der Waals surface area contributed by atoms with Crippen LogP contribution in [-0.2, 0) is 28.6 Å². The van der Waals surface area contributed by atoms with Crippen LogP contribution in [0, 0.1) is 0 Å². The lowest BCUT2D eigenvalue weighted by atomic mass is 10.0. The summed E-state index contributed by atoms with van der Waals surface area (Å²) in [6.07, 6.45) is 79.5. The summed E-state index contributed by atoms with van der Waals surface area (Å²) in [7, 11) is 0. The molecule has 0 aliphatic heterocycles. The highest BCUT2D eigenvalue weighted by Gasteiger charge is 2.19. The third-order valence-corrected chi connectivity index (χ3v) is 14.3. The normalized spacial score (nSPS) is 12.4. The minimum absolute atomic E-state index is 0.0797. The van der Waals surface area contributed by atoms with Gasteiger partial charge in [0.1, 0.15) is 13.2 Å². The molecule has 0 spiro atoms. The maximum atomic E-state index is 12.9. The van der Waals surface area contributed by atoms with Gasteiger partial charge in [0.25, 0.3) is 0 Å². The second kappa shape index (κ2) is 62.6. The van der Waals surface area contributed by atoms with Crippen LogP contribution in [0.2, 0.25) is 0 Å². The van der Waals surface area contributed by atoms with Gasteiger partial charge in [0.05, 0.1) is 0 Å². The van der Waals surface area contributed by atoms with Crippen LogP contribution in [0.25, 0.3) is 0 Å². The van der Waals surface area contributed by atoms with E-state index in [1.807, 2.05) is 0 Å². The summed E-state index contributed by atoms with van der Waals surface area (Å²) in [5.41, 5.74) is 0. The fourth-order valence-electron chi connectivity index (χ4n) is 9.43. The number of carbonyl (C=O) groups excluding carboxylic acids is 3. The molecule has 0 bridgehead atoms. The molecule has 0 aliphatic rings. The predicted molar refractivity (Wildman–Crippen MR) is 321 cm³/mol. The van der Waals surface area contributed by atoms with E-state index in [9.17, 15) is 14.4 Å². The van der Waals surface area contributed by atoms with Gasteiger partial charge in [-0.3, -0.25) is 14.4 Å². The smallest absolute Gasteiger partial charge is 0.306 e. The minimum Gasteiger partial charge on any atom is -0.462 e. The summed E-state index contributed by atoms with van der Waals surface area (Å²) in [4.78, 5) is 38.3. The number of carbonyl (C=O) groups is 3. The first-order valence-electron chi connectivity index (χ1n) is 32.3. The summed E-state index contributed by atoms with van der Waals surface area (Å²) >= 11 is 0. The second-order valence-electron chi connectivity index (χ2n) is 21.6. The van der Waals surface area contributed by atoms with Gasteiger partial charge in [0, 0.05) is 19.3 Å². The first-order chi connectivity index (χ1) is 36.5. The molecule has 0 saturated carbocycles. The number of hydrogen-bond acceptors (Lipinski definition) is 6. The lowest BCUT2D eigenvalue weighted by molar-refractivity contribution is -0.167. The number of rotatable bonds is 59. The molecule has 0 aromatic carbocycles. The topological polar surface area (TPSA) is 78.9 Å². The zero-order valence-corrected chi connectivity index (χ0v) is 49.4. The zero-order chi connectivity index (χ0) is 53.6. The number of unbranched alkanes of at least 4 members (excludes halogenated alkanes) is 38. The Hall–Kier alpha value is -2.89. The molecule has 0 aromatic heterocycles. The predicted octanol–water partition coefficient (Wildman–Crippen LogP) is 21.9. The van der Waals surface area contributed by atoms with Gasteiger partial charge in [-0.25, -0.2) is 0 Å². The highest BCUT2D eigenvalue weighted by Crippen LogP contribution is 2.17. The van der Waals surface area contributed by atoms with E-state index in [0.717, 1.165) is 103 Å². The van der Waals surface area contributed by atoms with Gasteiger partial charge in [0.15, 0.2) is 6.10 Å². The third kappa shape index (κ3) is 60.0. The van der Waals surface area contributed by atoms with Crippen LogP contribution in [0.5, 0.6) is 0 Å². The van der Waals surface area contributed by atoms with E-state index in [-0.39, 0.29) is 31.1 Å². The molecule has 6 heteroatoms. The minimum atomic E-state index is -0.784. The molecule has 430 valence electrons. The van der Waals surface area contributed by atoms with Crippen molar-refractivity contribution in [3.63, 3.8) is 0 Å². The number of ether oxygens (including phenoxy) is 3. The van der Waals surface area contributed by atoms with Gasteiger partial charge < -0.3 is 14.2 Å². The lowest BCUT2D eigenvalue weighted by Crippen LogP contribution is -2.30. The van der Waals surface area contributed by atoms with Crippen LogP contribution in [-0.4, -0.2) is 37.2 Å². The molecule has 0 radical (unpaired) electrons. The fourth-order valence-corrected chi connectivity index (χ4v) is 9.43. The molecule has 0 aliphatic carbocycles. The van der Waals surface area contributed by atoms with Gasteiger partial charge in [0.2, 0.25) is 0 Å². The van der Waals surface area contributed by atoms with Crippen molar-refractivity contribution >= 4 is 17.9 Å². The SMILES string of the molecule is CC/C=C\C/C=C\C/C=C\C/C=C\CCCCCCCCC(=O)OC(COC(=O)CCCCCCC/C=C\CCCCC)COC(=O)CCCCCCCCCCCCCCCCCCCCCCCCCCC. The molecule has 0 amide bonds. The Labute approximate surface area is 460 Å². The number of allylic oxidation sites excluding steroid dienone is 10. The van der Waals surface area contributed by atoms with Gasteiger partial charge >= 0.3 is 17.9 Å². The number of hydrogen-bond donors (Lipinski definition) is 0. The van der Waals surface area contributed by atoms with Crippen molar-refractivity contribution in [1.82, 2.24) is 0 Å². The summed E-state index contributed by atoms with van der Waals surface area (Å²) in [6, 6.07) is 0. The van der Waals surface area contributed by atoms with Crippen molar-refractivity contribution in [1.29, 1.82) is 0 Å². The van der Waals surface area contributed by atoms with E-state index < -0.39 is 6.10 Å². The Balaban J connectivity index is 4.26. The highest BCUT2D eigenvalue weighted by molar-refractivity contribution is 5.71. The van der Waals surface area contributed by atoms with Crippen molar-refractivity contribution < 1.29 is 28.6 Å². The van der Waals surface area contributed by atoms with E-state index in [1.54, 1.807) is 0 Å². The van der Waals surface area contributed by atoms with Gasteiger partial charge in [-0.1, -0.05) is 293 Å². The molecule has 6 nitrogen and oxygen atoms in total. The van der Waals surface area contributed by atoms with Crippen LogP contribution < -0.4 is 0 Å². The molecule has 0 heterocycles. The Morgan fingerprint density at radius 1 is 0.284 bits per heavy atom. The summed E-state index contributed by atoms with van der Waals surface area (Å²) in [5, 5.41) is 0.